The zero-order chi connectivity index (χ0) is 36.3. The smallest absolute Gasteiger partial charge is 0.164 e. The van der Waals surface area contributed by atoms with Crippen LogP contribution in [0.5, 0.6) is 0 Å². The Morgan fingerprint density at radius 1 is 0.309 bits per heavy atom. The van der Waals surface area contributed by atoms with Gasteiger partial charge in [0.25, 0.3) is 0 Å². The Bertz CT molecular complexity index is 3260. The van der Waals surface area contributed by atoms with Crippen molar-refractivity contribution in [3.8, 4) is 56.4 Å². The molecule has 0 aliphatic carbocycles. The van der Waals surface area contributed by atoms with Crippen molar-refractivity contribution in [2.45, 2.75) is 0 Å². The third-order valence-electron chi connectivity index (χ3n) is 10.7. The fourth-order valence-corrected chi connectivity index (χ4v) is 8.05. The minimum atomic E-state index is 0.636. The van der Waals surface area contributed by atoms with Crippen molar-refractivity contribution in [1.82, 2.24) is 15.0 Å². The summed E-state index contributed by atoms with van der Waals surface area (Å²) < 4.78 is 6.70. The molecule has 0 saturated heterocycles. The maximum absolute atomic E-state index is 6.70. The monoisotopic (exact) mass is 701 g/mol. The van der Waals surface area contributed by atoms with E-state index >= 15 is 0 Å². The fraction of sp³-hybridized carbons (Fsp3) is 0. The molecule has 4 nitrogen and oxygen atoms in total. The van der Waals surface area contributed by atoms with E-state index in [4.69, 9.17) is 19.4 Å². The standard InChI is InChI=1S/C51H31N3O/c1-3-14-33(15-4-1)47-40-20-10-9-19-36(40)31-45-44-30-37(25-28-46(44)55-48(45)47)39-26-27-43(42-22-12-11-21-41(39)42)51-53-49(34-16-5-2-6-17-34)52-50(54-51)38-24-23-32-13-7-8-18-35(32)29-38/h1-31H. The molecule has 9 aromatic carbocycles. The first-order valence-corrected chi connectivity index (χ1v) is 18.5. The first-order valence-electron chi connectivity index (χ1n) is 18.5. The van der Waals surface area contributed by atoms with Crippen LogP contribution >= 0.6 is 0 Å². The summed E-state index contributed by atoms with van der Waals surface area (Å²) >= 11 is 0. The lowest BCUT2D eigenvalue weighted by Gasteiger charge is -2.13. The van der Waals surface area contributed by atoms with E-state index in [0.29, 0.717) is 17.5 Å². The summed E-state index contributed by atoms with van der Waals surface area (Å²) in [5.41, 5.74) is 9.13. The third kappa shape index (κ3) is 5.26. The minimum absolute atomic E-state index is 0.636. The van der Waals surface area contributed by atoms with E-state index in [9.17, 15) is 0 Å². The molecule has 0 N–H and O–H groups in total. The largest absolute Gasteiger partial charge is 0.455 e. The first kappa shape index (κ1) is 31.1. The van der Waals surface area contributed by atoms with Gasteiger partial charge in [-0.3, -0.25) is 0 Å². The van der Waals surface area contributed by atoms with Gasteiger partial charge in [0.15, 0.2) is 17.5 Å². The molecular weight excluding hydrogens is 671 g/mol. The van der Waals surface area contributed by atoms with Crippen molar-refractivity contribution in [1.29, 1.82) is 0 Å². The summed E-state index contributed by atoms with van der Waals surface area (Å²) in [6, 6.07) is 65.7. The third-order valence-corrected chi connectivity index (χ3v) is 10.7. The number of hydrogen-bond donors (Lipinski definition) is 0. The zero-order valence-electron chi connectivity index (χ0n) is 29.6. The summed E-state index contributed by atoms with van der Waals surface area (Å²) in [4.78, 5) is 15.3. The van der Waals surface area contributed by atoms with Crippen molar-refractivity contribution in [2.24, 2.45) is 0 Å². The van der Waals surface area contributed by atoms with Gasteiger partial charge in [-0.05, 0) is 79.3 Å². The Hall–Kier alpha value is -7.43. The number of benzene rings is 9. The Kier molecular flexibility index (Phi) is 7.14. The van der Waals surface area contributed by atoms with Crippen LogP contribution in [0.1, 0.15) is 0 Å². The lowest BCUT2D eigenvalue weighted by Crippen LogP contribution is -2.00. The molecule has 256 valence electrons. The molecule has 0 fully saturated rings. The van der Waals surface area contributed by atoms with Gasteiger partial charge in [-0.2, -0.15) is 0 Å². The molecule has 0 saturated carbocycles. The second kappa shape index (κ2) is 12.6. The maximum Gasteiger partial charge on any atom is 0.164 e. The maximum atomic E-state index is 6.70. The number of nitrogens with zero attached hydrogens (tertiary/aromatic N) is 3. The van der Waals surface area contributed by atoms with Crippen LogP contribution in [0, 0.1) is 0 Å². The van der Waals surface area contributed by atoms with Crippen molar-refractivity contribution in [3.63, 3.8) is 0 Å². The van der Waals surface area contributed by atoms with E-state index in [1.165, 1.54) is 16.2 Å². The Balaban J connectivity index is 1.09. The second-order valence-corrected chi connectivity index (χ2v) is 14.0. The van der Waals surface area contributed by atoms with Crippen LogP contribution in [-0.4, -0.2) is 15.0 Å². The zero-order valence-corrected chi connectivity index (χ0v) is 29.6. The van der Waals surface area contributed by atoms with E-state index in [1.807, 2.05) is 30.3 Å². The van der Waals surface area contributed by atoms with Gasteiger partial charge in [-0.25, -0.2) is 15.0 Å². The predicted molar refractivity (Wildman–Crippen MR) is 227 cm³/mol. The van der Waals surface area contributed by atoms with E-state index in [-0.39, 0.29) is 0 Å². The van der Waals surface area contributed by atoms with Gasteiger partial charge in [0.2, 0.25) is 0 Å². The molecule has 0 aliphatic rings. The highest BCUT2D eigenvalue weighted by molar-refractivity contribution is 6.19. The number of aromatic nitrogens is 3. The molecule has 55 heavy (non-hydrogen) atoms. The van der Waals surface area contributed by atoms with Gasteiger partial charge in [-0.15, -0.1) is 0 Å². The predicted octanol–water partition coefficient (Wildman–Crippen LogP) is 13.6. The molecule has 2 heterocycles. The molecule has 0 aliphatic heterocycles. The van der Waals surface area contributed by atoms with Gasteiger partial charge in [0.1, 0.15) is 11.2 Å². The summed E-state index contributed by atoms with van der Waals surface area (Å²) in [6.45, 7) is 0. The molecule has 0 amide bonds. The first-order chi connectivity index (χ1) is 27.2. The van der Waals surface area contributed by atoms with Crippen LogP contribution in [0.25, 0.3) is 111 Å². The van der Waals surface area contributed by atoms with Gasteiger partial charge >= 0.3 is 0 Å². The van der Waals surface area contributed by atoms with Crippen LogP contribution in [0.2, 0.25) is 0 Å². The molecule has 0 radical (unpaired) electrons. The van der Waals surface area contributed by atoms with Gasteiger partial charge < -0.3 is 4.42 Å². The van der Waals surface area contributed by atoms with Gasteiger partial charge in [-0.1, -0.05) is 158 Å². The topological polar surface area (TPSA) is 51.8 Å². The van der Waals surface area contributed by atoms with Crippen LogP contribution < -0.4 is 0 Å². The summed E-state index contributed by atoms with van der Waals surface area (Å²) in [6.07, 6.45) is 0. The normalized spacial score (nSPS) is 11.6. The molecule has 4 heteroatoms. The summed E-state index contributed by atoms with van der Waals surface area (Å²) in [5.74, 6) is 1.92. The number of fused-ring (bicyclic) bond motifs is 6. The summed E-state index contributed by atoms with van der Waals surface area (Å²) in [5, 5.41) is 9.08. The van der Waals surface area contributed by atoms with Crippen molar-refractivity contribution >= 4 is 54.3 Å². The molecule has 11 aromatic rings. The Morgan fingerprint density at radius 3 is 1.67 bits per heavy atom. The van der Waals surface area contributed by atoms with Crippen LogP contribution in [0.4, 0.5) is 0 Å². The van der Waals surface area contributed by atoms with E-state index in [0.717, 1.165) is 77.0 Å². The Morgan fingerprint density at radius 2 is 0.891 bits per heavy atom. The lowest BCUT2D eigenvalue weighted by atomic mass is 9.93. The van der Waals surface area contributed by atoms with Gasteiger partial charge in [0.05, 0.1) is 0 Å². The van der Waals surface area contributed by atoms with Crippen LogP contribution in [-0.2, 0) is 0 Å². The minimum Gasteiger partial charge on any atom is -0.455 e. The number of hydrogen-bond acceptors (Lipinski definition) is 4. The molecule has 0 spiro atoms. The lowest BCUT2D eigenvalue weighted by molar-refractivity contribution is 0.670. The second-order valence-electron chi connectivity index (χ2n) is 14.0. The highest BCUT2D eigenvalue weighted by atomic mass is 16.3. The quantitative estimate of drug-likeness (QED) is 0.179. The van der Waals surface area contributed by atoms with E-state index in [1.54, 1.807) is 0 Å². The average molecular weight is 702 g/mol. The molecule has 11 rings (SSSR count). The molecule has 0 bridgehead atoms. The summed E-state index contributed by atoms with van der Waals surface area (Å²) in [7, 11) is 0. The number of furan rings is 1. The van der Waals surface area contributed by atoms with Crippen LogP contribution in [0.15, 0.2) is 192 Å². The van der Waals surface area contributed by atoms with E-state index in [2.05, 4.69) is 158 Å². The molecule has 0 unspecified atom stereocenters. The van der Waals surface area contributed by atoms with Crippen LogP contribution in [0.3, 0.4) is 0 Å². The SMILES string of the molecule is c1ccc(-c2nc(-c3ccc4ccccc4c3)nc(-c3ccc(-c4ccc5oc6c(-c7ccccc7)c7ccccc7cc6c5c4)c4ccccc34)n2)cc1. The van der Waals surface area contributed by atoms with Gasteiger partial charge in [0, 0.05) is 33.0 Å². The van der Waals surface area contributed by atoms with Crippen molar-refractivity contribution in [2.75, 3.05) is 0 Å². The highest BCUT2D eigenvalue weighted by Gasteiger charge is 2.19. The molecule has 2 aromatic heterocycles. The van der Waals surface area contributed by atoms with Crippen molar-refractivity contribution in [3.05, 3.63) is 188 Å². The highest BCUT2D eigenvalue weighted by Crippen LogP contribution is 2.43. The molecular formula is C51H31N3O. The fourth-order valence-electron chi connectivity index (χ4n) is 8.05. The van der Waals surface area contributed by atoms with Crippen molar-refractivity contribution < 1.29 is 4.42 Å². The number of rotatable bonds is 5. The Labute approximate surface area is 317 Å². The van der Waals surface area contributed by atoms with E-state index < -0.39 is 0 Å². The average Bonchev–Trinajstić information content (AvgIpc) is 3.62. The molecule has 0 atom stereocenters.